The number of amides is 1. The van der Waals surface area contributed by atoms with Gasteiger partial charge in [0.05, 0.1) is 0 Å². The van der Waals surface area contributed by atoms with Crippen LogP contribution < -0.4 is 10.6 Å². The molecule has 0 aliphatic carbocycles. The fraction of sp³-hybridized carbons (Fsp3) is 0.500. The second kappa shape index (κ2) is 4.81. The summed E-state index contributed by atoms with van der Waals surface area (Å²) in [5.74, 6) is 0.210. The molecule has 15 heavy (non-hydrogen) atoms. The molecule has 2 heterocycles. The van der Waals surface area contributed by atoms with Crippen molar-refractivity contribution in [2.24, 2.45) is 0 Å². The third-order valence-electron chi connectivity index (χ3n) is 2.43. The van der Waals surface area contributed by atoms with Gasteiger partial charge in [0.1, 0.15) is 0 Å². The van der Waals surface area contributed by atoms with Gasteiger partial charge in [-0.1, -0.05) is 0 Å². The van der Waals surface area contributed by atoms with Crippen molar-refractivity contribution >= 4 is 21.8 Å². The third-order valence-corrected chi connectivity index (χ3v) is 2.86. The highest BCUT2D eigenvalue weighted by Crippen LogP contribution is 2.14. The van der Waals surface area contributed by atoms with Crippen LogP contribution in [0.1, 0.15) is 23.4 Å². The Bertz CT molecular complexity index is 345. The zero-order chi connectivity index (χ0) is 10.7. The number of piperidine rings is 1. The van der Waals surface area contributed by atoms with Crippen LogP contribution in [0, 0.1) is 0 Å². The van der Waals surface area contributed by atoms with Gasteiger partial charge in [-0.05, 0) is 47.4 Å². The third kappa shape index (κ3) is 2.82. The topological polar surface area (TPSA) is 54.3 Å². The normalized spacial score (nSPS) is 21.3. The van der Waals surface area contributed by atoms with Crippen LogP contribution in [0.2, 0.25) is 0 Å². The van der Waals surface area contributed by atoms with Crippen molar-refractivity contribution in [3.05, 3.63) is 22.6 Å². The highest BCUT2D eigenvalue weighted by atomic mass is 79.9. The first-order valence-electron chi connectivity index (χ1n) is 5.02. The van der Waals surface area contributed by atoms with Crippen molar-refractivity contribution in [3.63, 3.8) is 0 Å². The molecule has 1 aliphatic heterocycles. The Morgan fingerprint density at radius 2 is 2.47 bits per heavy atom. The summed E-state index contributed by atoms with van der Waals surface area (Å²) in [6.07, 6.45) is 2.13. The van der Waals surface area contributed by atoms with Crippen LogP contribution in [0.3, 0.4) is 0 Å². The van der Waals surface area contributed by atoms with E-state index in [1.54, 1.807) is 12.1 Å². The van der Waals surface area contributed by atoms with Gasteiger partial charge < -0.3 is 15.1 Å². The van der Waals surface area contributed by atoms with Crippen molar-refractivity contribution in [2.45, 2.75) is 18.9 Å². The predicted molar refractivity (Wildman–Crippen MR) is 59.8 cm³/mol. The molecule has 0 spiro atoms. The molecule has 2 rings (SSSR count). The maximum atomic E-state index is 11.7. The highest BCUT2D eigenvalue weighted by Gasteiger charge is 2.17. The molecule has 1 atom stereocenters. The maximum Gasteiger partial charge on any atom is 0.287 e. The van der Waals surface area contributed by atoms with Gasteiger partial charge in [-0.15, -0.1) is 0 Å². The van der Waals surface area contributed by atoms with Gasteiger partial charge in [-0.2, -0.15) is 0 Å². The molecule has 0 unspecified atom stereocenters. The number of nitrogens with one attached hydrogen (secondary N) is 2. The lowest BCUT2D eigenvalue weighted by atomic mass is 10.1. The van der Waals surface area contributed by atoms with Gasteiger partial charge in [-0.3, -0.25) is 4.79 Å². The molecule has 5 heteroatoms. The van der Waals surface area contributed by atoms with E-state index in [2.05, 4.69) is 26.6 Å². The second-order valence-corrected chi connectivity index (χ2v) is 4.40. The smallest absolute Gasteiger partial charge is 0.287 e. The summed E-state index contributed by atoms with van der Waals surface area (Å²) >= 11 is 3.17. The molecule has 0 aromatic carbocycles. The Kier molecular flexibility index (Phi) is 3.43. The lowest BCUT2D eigenvalue weighted by Gasteiger charge is -2.23. The Balaban J connectivity index is 1.91. The lowest BCUT2D eigenvalue weighted by Crippen LogP contribution is -2.45. The van der Waals surface area contributed by atoms with Gasteiger partial charge in [0, 0.05) is 12.6 Å². The fourth-order valence-corrected chi connectivity index (χ4v) is 1.97. The summed E-state index contributed by atoms with van der Waals surface area (Å²) in [5.41, 5.74) is 0. The average Bonchev–Trinajstić information content (AvgIpc) is 2.66. The number of rotatable bonds is 2. The van der Waals surface area contributed by atoms with Crippen molar-refractivity contribution < 1.29 is 9.21 Å². The Morgan fingerprint density at radius 3 is 3.07 bits per heavy atom. The Morgan fingerprint density at radius 1 is 1.60 bits per heavy atom. The van der Waals surface area contributed by atoms with Crippen LogP contribution in [0.5, 0.6) is 0 Å². The fourth-order valence-electron chi connectivity index (χ4n) is 1.67. The van der Waals surface area contributed by atoms with E-state index in [4.69, 9.17) is 4.42 Å². The van der Waals surface area contributed by atoms with Gasteiger partial charge in [-0.25, -0.2) is 0 Å². The number of hydrogen-bond donors (Lipinski definition) is 2. The van der Waals surface area contributed by atoms with Crippen LogP contribution in [0.4, 0.5) is 0 Å². The van der Waals surface area contributed by atoms with Crippen LogP contribution in [-0.4, -0.2) is 25.0 Å². The summed E-state index contributed by atoms with van der Waals surface area (Å²) in [6, 6.07) is 3.60. The molecule has 1 amide bonds. The van der Waals surface area contributed by atoms with Crippen molar-refractivity contribution in [3.8, 4) is 0 Å². The number of carbonyl (C=O) groups excluding carboxylic acids is 1. The molecule has 1 fully saturated rings. The molecule has 4 nitrogen and oxygen atoms in total. The largest absolute Gasteiger partial charge is 0.444 e. The van der Waals surface area contributed by atoms with Crippen molar-refractivity contribution in [1.29, 1.82) is 0 Å². The minimum atomic E-state index is -0.144. The molecular weight excluding hydrogens is 260 g/mol. The molecule has 1 aliphatic rings. The zero-order valence-corrected chi connectivity index (χ0v) is 9.84. The molecule has 2 N–H and O–H groups in total. The van der Waals surface area contributed by atoms with Crippen LogP contribution in [0.25, 0.3) is 0 Å². The monoisotopic (exact) mass is 272 g/mol. The van der Waals surface area contributed by atoms with Gasteiger partial charge in [0.25, 0.3) is 5.91 Å². The van der Waals surface area contributed by atoms with E-state index in [1.165, 1.54) is 0 Å². The quantitative estimate of drug-likeness (QED) is 0.859. The maximum absolute atomic E-state index is 11.7. The molecule has 82 valence electrons. The average molecular weight is 273 g/mol. The number of hydrogen-bond acceptors (Lipinski definition) is 3. The van der Waals surface area contributed by atoms with E-state index in [0.29, 0.717) is 10.4 Å². The van der Waals surface area contributed by atoms with E-state index in [-0.39, 0.29) is 11.9 Å². The summed E-state index contributed by atoms with van der Waals surface area (Å²) in [5, 5.41) is 6.17. The standard InChI is InChI=1S/C10H13BrN2O2/c11-9-4-3-8(15-9)10(14)13-7-2-1-5-12-6-7/h3-4,7,12H,1-2,5-6H2,(H,13,14)/t7-/m1/s1. The van der Waals surface area contributed by atoms with E-state index in [9.17, 15) is 4.79 Å². The zero-order valence-electron chi connectivity index (χ0n) is 8.25. The summed E-state index contributed by atoms with van der Waals surface area (Å²) in [4.78, 5) is 11.7. The minimum Gasteiger partial charge on any atom is -0.444 e. The van der Waals surface area contributed by atoms with Gasteiger partial charge in [0.15, 0.2) is 10.4 Å². The molecule has 0 bridgehead atoms. The van der Waals surface area contributed by atoms with E-state index in [0.717, 1.165) is 25.9 Å². The minimum absolute atomic E-state index is 0.144. The second-order valence-electron chi connectivity index (χ2n) is 3.62. The van der Waals surface area contributed by atoms with E-state index < -0.39 is 0 Å². The number of furan rings is 1. The Labute approximate surface area is 96.5 Å². The lowest BCUT2D eigenvalue weighted by molar-refractivity contribution is 0.0901. The van der Waals surface area contributed by atoms with Crippen LogP contribution >= 0.6 is 15.9 Å². The summed E-state index contributed by atoms with van der Waals surface area (Å²) < 4.78 is 5.75. The SMILES string of the molecule is O=C(N[C@@H]1CCCNC1)c1ccc(Br)o1. The first-order valence-corrected chi connectivity index (χ1v) is 5.82. The first kappa shape index (κ1) is 10.7. The molecule has 0 radical (unpaired) electrons. The summed E-state index contributed by atoms with van der Waals surface area (Å²) in [6.45, 7) is 1.88. The molecule has 1 saturated heterocycles. The Hall–Kier alpha value is -0.810. The van der Waals surface area contributed by atoms with E-state index in [1.807, 2.05) is 0 Å². The summed E-state index contributed by atoms with van der Waals surface area (Å²) in [7, 11) is 0. The van der Waals surface area contributed by atoms with E-state index >= 15 is 0 Å². The molecule has 1 aromatic rings. The number of carbonyl (C=O) groups is 1. The molecule has 1 aromatic heterocycles. The first-order chi connectivity index (χ1) is 7.25. The van der Waals surface area contributed by atoms with Gasteiger partial charge in [0.2, 0.25) is 0 Å². The van der Waals surface area contributed by atoms with Crippen molar-refractivity contribution in [2.75, 3.05) is 13.1 Å². The number of halogens is 1. The van der Waals surface area contributed by atoms with Crippen molar-refractivity contribution in [1.82, 2.24) is 10.6 Å². The molecule has 0 saturated carbocycles. The van der Waals surface area contributed by atoms with Crippen LogP contribution in [0.15, 0.2) is 21.2 Å². The van der Waals surface area contributed by atoms with Crippen LogP contribution in [-0.2, 0) is 0 Å². The van der Waals surface area contributed by atoms with Gasteiger partial charge >= 0.3 is 0 Å². The predicted octanol–water partition coefficient (Wildman–Crippen LogP) is 1.52. The molecular formula is C10H13BrN2O2. The highest BCUT2D eigenvalue weighted by molar-refractivity contribution is 9.10.